The Kier molecular flexibility index (Phi) is 5.64. The molecule has 0 radical (unpaired) electrons. The Hall–Kier alpha value is -0.880. The monoisotopic (exact) mass is 319 g/mol. The molecular weight excluding hydrogens is 306 g/mol. The smallest absolute Gasteiger partial charge is 0.307 e. The third-order valence-electron chi connectivity index (χ3n) is 2.30. The highest BCUT2D eigenvalue weighted by Gasteiger charge is 2.16. The van der Waals surface area contributed by atoms with E-state index in [4.69, 9.17) is 0 Å². The molecule has 0 saturated carbocycles. The number of nitrogens with zero attached hydrogens (tertiary/aromatic N) is 1. The molecule has 1 heterocycles. The van der Waals surface area contributed by atoms with Crippen molar-refractivity contribution in [2.45, 2.75) is 13.3 Å². The van der Waals surface area contributed by atoms with Crippen LogP contribution in [0, 0.1) is 0 Å². The van der Waals surface area contributed by atoms with Crippen LogP contribution in [0.3, 0.4) is 0 Å². The second kappa shape index (κ2) is 6.76. The van der Waals surface area contributed by atoms with Gasteiger partial charge in [-0.2, -0.15) is 0 Å². The van der Waals surface area contributed by atoms with E-state index in [2.05, 4.69) is 20.7 Å². The summed E-state index contributed by atoms with van der Waals surface area (Å²) in [6, 6.07) is 1.79. The van der Waals surface area contributed by atoms with E-state index in [0.29, 0.717) is 18.7 Å². The Morgan fingerprint density at radius 3 is 2.71 bits per heavy atom. The lowest BCUT2D eigenvalue weighted by molar-refractivity contribution is -0.140. The highest BCUT2D eigenvalue weighted by Crippen LogP contribution is 2.21. The van der Waals surface area contributed by atoms with Crippen molar-refractivity contribution in [2.75, 3.05) is 20.2 Å². The van der Waals surface area contributed by atoms with E-state index in [0.717, 1.165) is 3.79 Å². The van der Waals surface area contributed by atoms with Crippen molar-refractivity contribution in [3.63, 3.8) is 0 Å². The van der Waals surface area contributed by atoms with Crippen molar-refractivity contribution >= 4 is 39.1 Å². The lowest BCUT2D eigenvalue weighted by Gasteiger charge is -2.19. The zero-order valence-corrected chi connectivity index (χ0v) is 12.1. The van der Waals surface area contributed by atoms with Gasteiger partial charge in [0, 0.05) is 18.5 Å². The normalized spacial score (nSPS) is 10.1. The van der Waals surface area contributed by atoms with E-state index in [9.17, 15) is 9.59 Å². The first-order valence-electron chi connectivity index (χ1n) is 5.18. The molecule has 4 nitrogen and oxygen atoms in total. The predicted molar refractivity (Wildman–Crippen MR) is 70.2 cm³/mol. The lowest BCUT2D eigenvalue weighted by Crippen LogP contribution is -2.32. The van der Waals surface area contributed by atoms with E-state index in [-0.39, 0.29) is 18.3 Å². The fraction of sp³-hybridized carbons (Fsp3) is 0.455. The molecule has 0 unspecified atom stereocenters. The topological polar surface area (TPSA) is 46.6 Å². The van der Waals surface area contributed by atoms with E-state index < -0.39 is 0 Å². The van der Waals surface area contributed by atoms with Gasteiger partial charge in [-0.3, -0.25) is 9.59 Å². The maximum absolute atomic E-state index is 12.0. The summed E-state index contributed by atoms with van der Waals surface area (Å²) in [5, 5.41) is 1.80. The van der Waals surface area contributed by atoms with Crippen molar-refractivity contribution in [1.82, 2.24) is 4.90 Å². The average Bonchev–Trinajstić information content (AvgIpc) is 2.76. The van der Waals surface area contributed by atoms with Crippen LogP contribution in [0.4, 0.5) is 0 Å². The number of amides is 1. The molecule has 1 aromatic rings. The first-order valence-corrected chi connectivity index (χ1v) is 6.85. The predicted octanol–water partition coefficient (Wildman–Crippen LogP) is 2.54. The number of carbonyl (C=O) groups excluding carboxylic acids is 2. The van der Waals surface area contributed by atoms with Gasteiger partial charge in [0.2, 0.25) is 0 Å². The van der Waals surface area contributed by atoms with Gasteiger partial charge in [0.1, 0.15) is 0 Å². The number of esters is 1. The minimum Gasteiger partial charge on any atom is -0.469 e. The van der Waals surface area contributed by atoms with Crippen molar-refractivity contribution < 1.29 is 14.3 Å². The molecule has 0 fully saturated rings. The van der Waals surface area contributed by atoms with Crippen LogP contribution < -0.4 is 0 Å². The van der Waals surface area contributed by atoms with Crippen molar-refractivity contribution in [3.8, 4) is 0 Å². The molecule has 17 heavy (non-hydrogen) atoms. The summed E-state index contributed by atoms with van der Waals surface area (Å²) in [6.07, 6.45) is 0.224. The third-order valence-corrected chi connectivity index (χ3v) is 3.80. The van der Waals surface area contributed by atoms with Crippen molar-refractivity contribution in [1.29, 1.82) is 0 Å². The molecule has 1 rings (SSSR count). The second-order valence-corrected chi connectivity index (χ2v) is 5.64. The molecule has 6 heteroatoms. The van der Waals surface area contributed by atoms with Crippen molar-refractivity contribution in [3.05, 3.63) is 20.8 Å². The zero-order valence-electron chi connectivity index (χ0n) is 9.73. The fourth-order valence-corrected chi connectivity index (χ4v) is 2.47. The number of methoxy groups -OCH3 is 1. The molecule has 0 aliphatic rings. The number of rotatable bonds is 5. The van der Waals surface area contributed by atoms with Gasteiger partial charge in [0.15, 0.2) is 0 Å². The summed E-state index contributed by atoms with van der Waals surface area (Å²) in [5.74, 6) is -0.360. The highest BCUT2D eigenvalue weighted by atomic mass is 79.9. The number of thiophene rings is 1. The quantitative estimate of drug-likeness (QED) is 0.783. The minimum absolute atomic E-state index is 0.0571. The molecule has 1 amide bonds. The van der Waals surface area contributed by atoms with Crippen LogP contribution >= 0.6 is 27.3 Å². The molecule has 0 aliphatic carbocycles. The average molecular weight is 320 g/mol. The maximum Gasteiger partial charge on any atom is 0.307 e. The summed E-state index contributed by atoms with van der Waals surface area (Å²) in [6.45, 7) is 2.84. The SMILES string of the molecule is CCN(CCC(=O)OC)C(=O)c1csc(Br)c1. The Bertz CT molecular complexity index is 405. The number of halogens is 1. The largest absolute Gasteiger partial charge is 0.469 e. The van der Waals surface area contributed by atoms with Gasteiger partial charge in [-0.05, 0) is 28.9 Å². The summed E-state index contributed by atoms with van der Waals surface area (Å²) in [4.78, 5) is 24.7. The van der Waals surface area contributed by atoms with Crippen LogP contribution in [0.1, 0.15) is 23.7 Å². The van der Waals surface area contributed by atoms with Gasteiger partial charge >= 0.3 is 5.97 Å². The molecule has 0 aromatic carbocycles. The van der Waals surface area contributed by atoms with E-state index in [1.165, 1.54) is 18.4 Å². The zero-order chi connectivity index (χ0) is 12.8. The third kappa shape index (κ3) is 4.12. The Morgan fingerprint density at radius 1 is 1.53 bits per heavy atom. The van der Waals surface area contributed by atoms with Crippen LogP contribution in [0.2, 0.25) is 0 Å². The van der Waals surface area contributed by atoms with Crippen LogP contribution in [-0.4, -0.2) is 37.0 Å². The standard InChI is InChI=1S/C11H14BrNO3S/c1-3-13(5-4-10(14)16-2)11(15)8-6-9(12)17-7-8/h6-7H,3-5H2,1-2H3. The lowest BCUT2D eigenvalue weighted by atomic mass is 10.2. The fourth-order valence-electron chi connectivity index (χ4n) is 1.34. The van der Waals surface area contributed by atoms with Crippen molar-refractivity contribution in [2.24, 2.45) is 0 Å². The minimum atomic E-state index is -0.303. The Morgan fingerprint density at radius 2 is 2.24 bits per heavy atom. The Labute approximate surface area is 113 Å². The van der Waals surface area contributed by atoms with Gasteiger partial charge in [0.25, 0.3) is 5.91 Å². The first kappa shape index (κ1) is 14.2. The maximum atomic E-state index is 12.0. The molecule has 0 N–H and O–H groups in total. The molecule has 0 aliphatic heterocycles. The van der Waals surface area contributed by atoms with Crippen LogP contribution in [0.25, 0.3) is 0 Å². The van der Waals surface area contributed by atoms with Gasteiger partial charge < -0.3 is 9.64 Å². The van der Waals surface area contributed by atoms with E-state index in [1.54, 1.807) is 16.3 Å². The van der Waals surface area contributed by atoms with Gasteiger partial charge in [-0.25, -0.2) is 0 Å². The van der Waals surface area contributed by atoms with Gasteiger partial charge in [-0.15, -0.1) is 11.3 Å². The molecule has 0 bridgehead atoms. The van der Waals surface area contributed by atoms with Gasteiger partial charge in [0.05, 0.1) is 22.9 Å². The van der Waals surface area contributed by atoms with Crippen LogP contribution in [-0.2, 0) is 9.53 Å². The number of ether oxygens (including phenoxy) is 1. The summed E-state index contributed by atoms with van der Waals surface area (Å²) in [7, 11) is 1.34. The summed E-state index contributed by atoms with van der Waals surface area (Å²) in [5.41, 5.74) is 0.647. The number of hydrogen-bond donors (Lipinski definition) is 0. The number of carbonyl (C=O) groups is 2. The first-order chi connectivity index (χ1) is 8.08. The molecular formula is C11H14BrNO3S. The molecule has 94 valence electrons. The molecule has 0 atom stereocenters. The van der Waals surface area contributed by atoms with E-state index in [1.807, 2.05) is 6.92 Å². The molecule has 0 spiro atoms. The van der Waals surface area contributed by atoms with Crippen LogP contribution in [0.5, 0.6) is 0 Å². The van der Waals surface area contributed by atoms with Gasteiger partial charge in [-0.1, -0.05) is 0 Å². The molecule has 0 saturated heterocycles. The summed E-state index contributed by atoms with van der Waals surface area (Å²) >= 11 is 4.79. The Balaban J connectivity index is 2.61. The number of hydrogen-bond acceptors (Lipinski definition) is 4. The van der Waals surface area contributed by atoms with E-state index >= 15 is 0 Å². The van der Waals surface area contributed by atoms with Crippen LogP contribution in [0.15, 0.2) is 15.2 Å². The second-order valence-electron chi connectivity index (χ2n) is 3.35. The highest BCUT2D eigenvalue weighted by molar-refractivity contribution is 9.11. The summed E-state index contributed by atoms with van der Waals surface area (Å²) < 4.78 is 5.47. The molecule has 1 aromatic heterocycles.